The predicted molar refractivity (Wildman–Crippen MR) is 180 cm³/mol. The fourth-order valence-corrected chi connectivity index (χ4v) is 5.68. The van der Waals surface area contributed by atoms with E-state index in [4.69, 9.17) is 9.84 Å². The summed E-state index contributed by atoms with van der Waals surface area (Å²) in [6.07, 6.45) is -0.951. The van der Waals surface area contributed by atoms with E-state index in [0.29, 0.717) is 45.9 Å². The van der Waals surface area contributed by atoms with Crippen LogP contribution in [0.3, 0.4) is 0 Å². The number of rotatable bonds is 15. The molecule has 0 spiro atoms. The third-order valence-electron chi connectivity index (χ3n) is 7.72. The van der Waals surface area contributed by atoms with E-state index in [2.05, 4.69) is 5.32 Å². The van der Waals surface area contributed by atoms with E-state index in [9.17, 15) is 28.6 Å². The molecule has 1 aromatic heterocycles. The molecule has 4 rings (SSSR count). The van der Waals surface area contributed by atoms with E-state index >= 15 is 0 Å². The van der Waals surface area contributed by atoms with Gasteiger partial charge in [0.2, 0.25) is 0 Å². The van der Waals surface area contributed by atoms with Gasteiger partial charge in [-0.3, -0.25) is 9.59 Å². The number of aliphatic hydroxyl groups is 2. The summed E-state index contributed by atoms with van der Waals surface area (Å²) in [6, 6.07) is 18.6. The Labute approximate surface area is 278 Å². The number of carbonyl (C=O) groups excluding carboxylic acids is 1. The number of amides is 1. The first-order valence-electron chi connectivity index (χ1n) is 15.7. The summed E-state index contributed by atoms with van der Waals surface area (Å²) < 4.78 is 37.5. The number of carbonyl (C=O) groups is 2. The number of ether oxygens (including phenoxy) is 1. The maximum absolute atomic E-state index is 14.3. The monoisotopic (exact) mass is 662 g/mol. The standard InChI is InChI=1S/C37H41F2N3O6/c1-23(2)42-32(18-17-30(43)19-31(44)20-33(45)46)34(25-7-11-27(38)12-8-25)35(26-9-13-28(39)14-10-26)36(42)37(47)40-29-15-5-24(6-16-29)21-48-22-41(3)4/h5-16,22-23,30-31,43-44H,17-21H2,1-4H3,(H-,40,45,46,47)/p+1/t30-,31-/m1/s1. The van der Waals surface area contributed by atoms with Gasteiger partial charge in [0.15, 0.2) is 0 Å². The van der Waals surface area contributed by atoms with Crippen molar-refractivity contribution in [3.05, 3.63) is 101 Å². The molecule has 0 saturated carbocycles. The van der Waals surface area contributed by atoms with E-state index in [-0.39, 0.29) is 25.3 Å². The van der Waals surface area contributed by atoms with Crippen LogP contribution in [0.2, 0.25) is 0 Å². The Morgan fingerprint density at radius 1 is 0.875 bits per heavy atom. The summed E-state index contributed by atoms with van der Waals surface area (Å²) >= 11 is 0. The Balaban J connectivity index is 1.83. The molecule has 0 fully saturated rings. The molecule has 1 heterocycles. The van der Waals surface area contributed by atoms with Gasteiger partial charge in [0.1, 0.15) is 38.0 Å². The van der Waals surface area contributed by atoms with Crippen LogP contribution < -0.4 is 5.32 Å². The molecular formula is C37H42F2N3O6+. The fourth-order valence-electron chi connectivity index (χ4n) is 5.68. The molecule has 4 aromatic rings. The van der Waals surface area contributed by atoms with Gasteiger partial charge in [0, 0.05) is 28.6 Å². The lowest BCUT2D eigenvalue weighted by Crippen LogP contribution is -2.22. The van der Waals surface area contributed by atoms with Crippen LogP contribution >= 0.6 is 0 Å². The van der Waals surface area contributed by atoms with Gasteiger partial charge in [-0.1, -0.05) is 36.4 Å². The SMILES string of the molecule is CC(C)n1c(CC[C@@H](O)C[C@@H](O)CC(=O)O)c(-c2ccc(F)cc2)c(-c2ccc(F)cc2)c1C(=O)Nc1ccc(COC=[N+](C)C)cc1. The minimum atomic E-state index is -1.23. The van der Waals surface area contributed by atoms with Crippen LogP contribution in [0, 0.1) is 11.6 Å². The number of carboxylic acid groups (broad SMARTS) is 1. The zero-order valence-corrected chi connectivity index (χ0v) is 27.5. The summed E-state index contributed by atoms with van der Waals surface area (Å²) in [5, 5.41) is 33.0. The highest BCUT2D eigenvalue weighted by Crippen LogP contribution is 2.43. The molecule has 0 aliphatic rings. The number of hydrogen-bond donors (Lipinski definition) is 4. The number of aliphatic hydroxyl groups excluding tert-OH is 2. The number of carboxylic acids is 1. The average Bonchev–Trinajstić information content (AvgIpc) is 3.36. The summed E-state index contributed by atoms with van der Waals surface area (Å²) in [6.45, 7) is 4.17. The maximum atomic E-state index is 14.3. The van der Waals surface area contributed by atoms with Gasteiger partial charge in [-0.05, 0) is 86.2 Å². The summed E-state index contributed by atoms with van der Waals surface area (Å²) in [5.74, 6) is -2.50. The van der Waals surface area contributed by atoms with Crippen molar-refractivity contribution >= 4 is 24.0 Å². The van der Waals surface area contributed by atoms with Gasteiger partial charge in [0.25, 0.3) is 5.91 Å². The highest BCUT2D eigenvalue weighted by Gasteiger charge is 2.30. The Kier molecular flexibility index (Phi) is 12.2. The summed E-state index contributed by atoms with van der Waals surface area (Å²) in [7, 11) is 3.71. The number of nitrogens with one attached hydrogen (secondary N) is 1. The van der Waals surface area contributed by atoms with Crippen molar-refractivity contribution in [3.8, 4) is 22.3 Å². The van der Waals surface area contributed by atoms with E-state index in [1.165, 1.54) is 24.3 Å². The highest BCUT2D eigenvalue weighted by molar-refractivity contribution is 6.11. The molecule has 0 radical (unpaired) electrons. The zero-order chi connectivity index (χ0) is 35.0. The van der Waals surface area contributed by atoms with Crippen molar-refractivity contribution < 1.29 is 43.0 Å². The van der Waals surface area contributed by atoms with Gasteiger partial charge in [-0.25, -0.2) is 13.4 Å². The van der Waals surface area contributed by atoms with E-state index in [1.807, 2.05) is 44.6 Å². The van der Waals surface area contributed by atoms with Crippen molar-refractivity contribution in [2.75, 3.05) is 19.4 Å². The van der Waals surface area contributed by atoms with Crippen LogP contribution in [0.25, 0.3) is 22.3 Å². The number of anilines is 1. The molecule has 48 heavy (non-hydrogen) atoms. The van der Waals surface area contributed by atoms with Crippen LogP contribution in [-0.4, -0.2) is 69.0 Å². The topological polar surface area (TPSA) is 124 Å². The Morgan fingerprint density at radius 3 is 1.96 bits per heavy atom. The van der Waals surface area contributed by atoms with Crippen LogP contribution in [0.4, 0.5) is 14.5 Å². The summed E-state index contributed by atoms with van der Waals surface area (Å²) in [5.41, 5.74) is 4.68. The van der Waals surface area contributed by atoms with Crippen LogP contribution in [-0.2, 0) is 22.6 Å². The van der Waals surface area contributed by atoms with Crippen molar-refractivity contribution in [1.29, 1.82) is 0 Å². The Bertz CT molecular complexity index is 1730. The average molecular weight is 663 g/mol. The Morgan fingerprint density at radius 2 is 1.44 bits per heavy atom. The van der Waals surface area contributed by atoms with Crippen molar-refractivity contribution in [1.82, 2.24) is 4.57 Å². The zero-order valence-electron chi connectivity index (χ0n) is 27.5. The van der Waals surface area contributed by atoms with Crippen LogP contribution in [0.15, 0.2) is 72.8 Å². The predicted octanol–water partition coefficient (Wildman–Crippen LogP) is 6.27. The molecule has 3 aromatic carbocycles. The van der Waals surface area contributed by atoms with Crippen molar-refractivity contribution in [2.24, 2.45) is 0 Å². The fraction of sp³-hybridized carbons (Fsp3) is 0.324. The van der Waals surface area contributed by atoms with Gasteiger partial charge >= 0.3 is 12.4 Å². The second-order valence-corrected chi connectivity index (χ2v) is 12.2. The lowest BCUT2D eigenvalue weighted by atomic mass is 9.92. The normalized spacial score (nSPS) is 12.4. The van der Waals surface area contributed by atoms with Gasteiger partial charge in [-0.15, -0.1) is 0 Å². The van der Waals surface area contributed by atoms with E-state index in [1.54, 1.807) is 47.4 Å². The molecule has 1 amide bonds. The second kappa shape index (κ2) is 16.3. The van der Waals surface area contributed by atoms with Crippen molar-refractivity contribution in [2.45, 2.75) is 64.4 Å². The second-order valence-electron chi connectivity index (χ2n) is 12.2. The first-order chi connectivity index (χ1) is 22.8. The molecule has 0 aliphatic heterocycles. The minimum absolute atomic E-state index is 0.139. The van der Waals surface area contributed by atoms with Crippen LogP contribution in [0.1, 0.15) is 60.9 Å². The third kappa shape index (κ3) is 9.36. The molecule has 2 atom stereocenters. The first-order valence-corrected chi connectivity index (χ1v) is 15.7. The molecule has 11 heteroatoms. The van der Waals surface area contributed by atoms with E-state index in [0.717, 1.165) is 5.56 Å². The molecule has 254 valence electrons. The number of benzene rings is 3. The first kappa shape index (κ1) is 36.0. The number of aromatic nitrogens is 1. The largest absolute Gasteiger partial charge is 0.481 e. The van der Waals surface area contributed by atoms with E-state index < -0.39 is 42.1 Å². The maximum Gasteiger partial charge on any atom is 0.323 e. The molecule has 9 nitrogen and oxygen atoms in total. The quantitative estimate of drug-likeness (QED) is 0.0676. The van der Waals surface area contributed by atoms with Gasteiger partial charge in [0.05, 0.1) is 18.6 Å². The number of halogens is 2. The smallest absolute Gasteiger partial charge is 0.323 e. The third-order valence-corrected chi connectivity index (χ3v) is 7.72. The van der Waals surface area contributed by atoms with Crippen molar-refractivity contribution in [3.63, 3.8) is 0 Å². The summed E-state index contributed by atoms with van der Waals surface area (Å²) in [4.78, 5) is 25.4. The minimum Gasteiger partial charge on any atom is -0.481 e. The molecule has 0 bridgehead atoms. The number of nitrogens with zero attached hydrogens (tertiary/aromatic N) is 2. The lowest BCUT2D eigenvalue weighted by Gasteiger charge is -2.20. The molecular weight excluding hydrogens is 620 g/mol. The van der Waals surface area contributed by atoms with Crippen LogP contribution in [0.5, 0.6) is 0 Å². The number of hydrogen-bond acceptors (Lipinski definition) is 5. The molecule has 0 aliphatic carbocycles. The molecule has 4 N–H and O–H groups in total. The lowest BCUT2D eigenvalue weighted by molar-refractivity contribution is -0.468. The number of aliphatic carboxylic acids is 1. The highest BCUT2D eigenvalue weighted by atomic mass is 19.1. The molecule has 0 saturated heterocycles. The van der Waals surface area contributed by atoms with Gasteiger partial charge in [-0.2, -0.15) is 0 Å². The Hall–Kier alpha value is -4.87. The molecule has 0 unspecified atom stereocenters. The van der Waals surface area contributed by atoms with Gasteiger partial charge < -0.3 is 29.9 Å².